The molecule has 2 aromatic carbocycles. The SMILES string of the molecule is CC(C)(C)OC(=O)NC1CCCC(C(=O)Nc2cc(C(F)(F)F)cc3c2Cc2cc(F)ccc2S3)C1. The summed E-state index contributed by atoms with van der Waals surface area (Å²) in [4.78, 5) is 26.4. The van der Waals surface area contributed by atoms with Gasteiger partial charge in [-0.1, -0.05) is 18.2 Å². The number of fused-ring (bicyclic) bond motifs is 2. The molecule has 1 fully saturated rings. The van der Waals surface area contributed by atoms with Crippen molar-refractivity contribution in [2.75, 3.05) is 5.32 Å². The summed E-state index contributed by atoms with van der Waals surface area (Å²) in [6, 6.07) is 5.94. The van der Waals surface area contributed by atoms with Crippen molar-refractivity contribution >= 4 is 29.4 Å². The lowest BCUT2D eigenvalue weighted by atomic mass is 9.85. The first kappa shape index (κ1) is 26.3. The maximum Gasteiger partial charge on any atom is 0.416 e. The molecule has 1 heterocycles. The number of benzene rings is 2. The molecule has 1 aliphatic carbocycles. The zero-order valence-corrected chi connectivity index (χ0v) is 21.0. The number of ether oxygens (including phenoxy) is 1. The van der Waals surface area contributed by atoms with Crippen LogP contribution in [0, 0.1) is 11.7 Å². The molecule has 2 aromatic rings. The van der Waals surface area contributed by atoms with Gasteiger partial charge in [-0.2, -0.15) is 13.2 Å². The number of alkyl halides is 3. The molecule has 1 aliphatic heterocycles. The van der Waals surface area contributed by atoms with Crippen molar-refractivity contribution in [3.05, 3.63) is 52.8 Å². The number of anilines is 1. The molecule has 2 atom stereocenters. The minimum Gasteiger partial charge on any atom is -0.444 e. The fraction of sp³-hybridized carbons (Fsp3) is 0.462. The van der Waals surface area contributed by atoms with Crippen LogP contribution in [-0.4, -0.2) is 23.6 Å². The zero-order valence-electron chi connectivity index (χ0n) is 20.2. The normalized spacial score (nSPS) is 19.6. The predicted molar refractivity (Wildman–Crippen MR) is 129 cm³/mol. The van der Waals surface area contributed by atoms with Crippen molar-refractivity contribution in [1.82, 2.24) is 5.32 Å². The van der Waals surface area contributed by atoms with E-state index in [4.69, 9.17) is 4.74 Å². The first-order valence-corrected chi connectivity index (χ1v) is 12.6. The van der Waals surface area contributed by atoms with Crippen LogP contribution in [0.2, 0.25) is 0 Å². The van der Waals surface area contributed by atoms with E-state index in [1.165, 1.54) is 12.1 Å². The molecule has 0 spiro atoms. The second kappa shape index (κ2) is 9.95. The van der Waals surface area contributed by atoms with Crippen molar-refractivity contribution in [3.8, 4) is 0 Å². The average Bonchev–Trinajstić information content (AvgIpc) is 2.76. The minimum absolute atomic E-state index is 0.0782. The average molecular weight is 525 g/mol. The first-order chi connectivity index (χ1) is 16.8. The third-order valence-electron chi connectivity index (χ3n) is 6.17. The van der Waals surface area contributed by atoms with E-state index >= 15 is 0 Å². The maximum absolute atomic E-state index is 13.8. The molecule has 2 N–H and O–H groups in total. The summed E-state index contributed by atoms with van der Waals surface area (Å²) in [5, 5.41) is 5.51. The highest BCUT2D eigenvalue weighted by atomic mass is 32.2. The molecule has 0 saturated heterocycles. The Morgan fingerprint density at radius 1 is 1.06 bits per heavy atom. The van der Waals surface area contributed by atoms with Gasteiger partial charge < -0.3 is 15.4 Å². The van der Waals surface area contributed by atoms with Crippen LogP contribution in [0.4, 0.5) is 28.0 Å². The van der Waals surface area contributed by atoms with Crippen LogP contribution in [0.1, 0.15) is 63.1 Å². The molecule has 2 unspecified atom stereocenters. The van der Waals surface area contributed by atoms with Crippen LogP contribution in [0.25, 0.3) is 0 Å². The van der Waals surface area contributed by atoms with Gasteiger partial charge in [0.1, 0.15) is 11.4 Å². The van der Waals surface area contributed by atoms with Gasteiger partial charge in [0.05, 0.1) is 5.56 Å². The van der Waals surface area contributed by atoms with E-state index in [0.717, 1.165) is 23.9 Å². The molecule has 36 heavy (non-hydrogen) atoms. The van der Waals surface area contributed by atoms with Crippen LogP contribution in [-0.2, 0) is 22.1 Å². The third-order valence-corrected chi connectivity index (χ3v) is 7.37. The van der Waals surface area contributed by atoms with Gasteiger partial charge in [-0.3, -0.25) is 4.79 Å². The van der Waals surface area contributed by atoms with E-state index in [1.54, 1.807) is 26.8 Å². The molecular weight excluding hydrogens is 496 g/mol. The Balaban J connectivity index is 1.54. The minimum atomic E-state index is -4.59. The fourth-order valence-electron chi connectivity index (χ4n) is 4.56. The highest BCUT2D eigenvalue weighted by Gasteiger charge is 2.35. The Morgan fingerprint density at radius 2 is 1.81 bits per heavy atom. The molecule has 10 heteroatoms. The lowest BCUT2D eigenvalue weighted by molar-refractivity contribution is -0.137. The van der Waals surface area contributed by atoms with E-state index in [9.17, 15) is 27.2 Å². The molecule has 2 amide bonds. The molecule has 4 rings (SSSR count). The fourth-order valence-corrected chi connectivity index (χ4v) is 5.68. The number of halogens is 4. The highest BCUT2D eigenvalue weighted by Crippen LogP contribution is 2.45. The van der Waals surface area contributed by atoms with E-state index in [2.05, 4.69) is 10.6 Å². The van der Waals surface area contributed by atoms with Crippen molar-refractivity contribution in [3.63, 3.8) is 0 Å². The van der Waals surface area contributed by atoms with Crippen molar-refractivity contribution < 1.29 is 31.9 Å². The molecule has 5 nitrogen and oxygen atoms in total. The largest absolute Gasteiger partial charge is 0.444 e. The van der Waals surface area contributed by atoms with Crippen molar-refractivity contribution in [2.24, 2.45) is 5.92 Å². The van der Waals surface area contributed by atoms with Gasteiger partial charge in [0.2, 0.25) is 5.91 Å². The smallest absolute Gasteiger partial charge is 0.416 e. The number of alkyl carbamates (subject to hydrolysis) is 1. The topological polar surface area (TPSA) is 67.4 Å². The Labute approximate surface area is 211 Å². The molecule has 0 radical (unpaired) electrons. The van der Waals surface area contributed by atoms with Gasteiger partial charge in [0.15, 0.2) is 0 Å². The van der Waals surface area contributed by atoms with Gasteiger partial charge in [-0.25, -0.2) is 9.18 Å². The van der Waals surface area contributed by atoms with Gasteiger partial charge in [0.25, 0.3) is 0 Å². The number of amides is 2. The monoisotopic (exact) mass is 524 g/mol. The van der Waals surface area contributed by atoms with Gasteiger partial charge in [-0.15, -0.1) is 0 Å². The summed E-state index contributed by atoms with van der Waals surface area (Å²) in [6.07, 6.45) is -2.68. The summed E-state index contributed by atoms with van der Waals surface area (Å²) in [6.45, 7) is 5.26. The summed E-state index contributed by atoms with van der Waals surface area (Å²) in [5.74, 6) is -1.31. The quantitative estimate of drug-likeness (QED) is 0.365. The Bertz CT molecular complexity index is 1180. The van der Waals surface area contributed by atoms with E-state index in [1.807, 2.05) is 0 Å². The molecule has 2 aliphatic rings. The van der Waals surface area contributed by atoms with Crippen molar-refractivity contribution in [1.29, 1.82) is 0 Å². The summed E-state index contributed by atoms with van der Waals surface area (Å²) in [5.41, 5.74) is -0.254. The van der Waals surface area contributed by atoms with Gasteiger partial charge in [-0.05, 0) is 81.5 Å². The predicted octanol–water partition coefficient (Wildman–Crippen LogP) is 6.92. The molecule has 0 aromatic heterocycles. The lowest BCUT2D eigenvalue weighted by Crippen LogP contribution is -2.43. The van der Waals surface area contributed by atoms with E-state index < -0.39 is 41.1 Å². The second-order valence-electron chi connectivity index (χ2n) is 10.2. The Hall–Kier alpha value is -2.75. The van der Waals surface area contributed by atoms with Crippen LogP contribution in [0.5, 0.6) is 0 Å². The Kier molecular flexibility index (Phi) is 7.28. The van der Waals surface area contributed by atoms with Crippen LogP contribution in [0.15, 0.2) is 40.1 Å². The lowest BCUT2D eigenvalue weighted by Gasteiger charge is -2.30. The van der Waals surface area contributed by atoms with Gasteiger partial charge in [0, 0.05) is 33.9 Å². The number of hydrogen-bond acceptors (Lipinski definition) is 4. The summed E-state index contributed by atoms with van der Waals surface area (Å²) >= 11 is 1.13. The van der Waals surface area contributed by atoms with E-state index in [0.29, 0.717) is 46.6 Å². The van der Waals surface area contributed by atoms with Crippen molar-refractivity contribution in [2.45, 2.75) is 80.5 Å². The number of rotatable bonds is 3. The Morgan fingerprint density at radius 3 is 2.50 bits per heavy atom. The third kappa shape index (κ3) is 6.32. The molecule has 1 saturated carbocycles. The highest BCUT2D eigenvalue weighted by molar-refractivity contribution is 7.99. The second-order valence-corrected chi connectivity index (χ2v) is 11.3. The number of hydrogen-bond donors (Lipinski definition) is 2. The first-order valence-electron chi connectivity index (χ1n) is 11.8. The summed E-state index contributed by atoms with van der Waals surface area (Å²) in [7, 11) is 0. The summed E-state index contributed by atoms with van der Waals surface area (Å²) < 4.78 is 60.0. The molecular formula is C26H28F4N2O3S. The van der Waals surface area contributed by atoms with E-state index in [-0.39, 0.29) is 18.2 Å². The number of nitrogens with one attached hydrogen (secondary N) is 2. The maximum atomic E-state index is 13.8. The standard InChI is InChI=1S/C26H28F4N2O3S/c1-25(2,3)35-24(34)31-18-6-4-5-14(10-18)23(33)32-20-12-16(26(28,29)30)13-22-19(20)11-15-9-17(27)7-8-21(15)36-22/h7-9,12-14,18H,4-6,10-11H2,1-3H3,(H,31,34)(H,32,33). The molecule has 194 valence electrons. The number of carbonyl (C=O) groups is 2. The molecule has 0 bridgehead atoms. The van der Waals surface area contributed by atoms with Crippen LogP contribution >= 0.6 is 11.8 Å². The number of carbonyl (C=O) groups excluding carboxylic acids is 2. The zero-order chi connectivity index (χ0) is 26.3. The van der Waals surface area contributed by atoms with Crippen LogP contribution < -0.4 is 10.6 Å². The van der Waals surface area contributed by atoms with Crippen LogP contribution in [0.3, 0.4) is 0 Å². The van der Waals surface area contributed by atoms with Gasteiger partial charge >= 0.3 is 12.3 Å².